The molecule has 2 heterocycles. The minimum Gasteiger partial charge on any atom is -0.288 e. The number of rotatable bonds is 3. The Labute approximate surface area is 123 Å². The van der Waals surface area contributed by atoms with Gasteiger partial charge in [0.05, 0.1) is 0 Å². The van der Waals surface area contributed by atoms with Crippen molar-refractivity contribution in [3.05, 3.63) is 29.5 Å². The van der Waals surface area contributed by atoms with Crippen molar-refractivity contribution in [2.45, 2.75) is 43.2 Å². The van der Waals surface area contributed by atoms with E-state index >= 15 is 0 Å². The van der Waals surface area contributed by atoms with Gasteiger partial charge in [0.2, 0.25) is 0 Å². The van der Waals surface area contributed by atoms with Crippen LogP contribution in [0.25, 0.3) is 5.65 Å². The summed E-state index contributed by atoms with van der Waals surface area (Å²) in [6, 6.07) is 5.27. The topological polar surface area (TPSA) is 63.5 Å². The van der Waals surface area contributed by atoms with E-state index in [0.717, 1.165) is 25.7 Å². The van der Waals surface area contributed by atoms with E-state index in [1.807, 2.05) is 6.92 Å². The predicted octanol–water partition coefficient (Wildman–Crippen LogP) is 2.60. The number of nitrogens with one attached hydrogen (secondary N) is 1. The highest BCUT2D eigenvalue weighted by Gasteiger charge is 2.36. The number of pyridine rings is 1. The molecule has 1 N–H and O–H groups in total. The predicted molar refractivity (Wildman–Crippen MR) is 77.4 cm³/mol. The summed E-state index contributed by atoms with van der Waals surface area (Å²) in [6.45, 7) is 1.94. The molecule has 7 heteroatoms. The molecule has 0 spiro atoms. The van der Waals surface area contributed by atoms with Crippen molar-refractivity contribution in [3.8, 4) is 0 Å². The Kier molecular flexibility index (Phi) is 3.27. The van der Waals surface area contributed by atoms with E-state index in [9.17, 15) is 8.42 Å². The molecule has 108 valence electrons. The maximum absolute atomic E-state index is 12.6. The van der Waals surface area contributed by atoms with Crippen LogP contribution in [-0.4, -0.2) is 23.3 Å². The zero-order chi connectivity index (χ0) is 14.4. The maximum atomic E-state index is 12.6. The van der Waals surface area contributed by atoms with Gasteiger partial charge in [-0.2, -0.15) is 0 Å². The zero-order valence-corrected chi connectivity index (χ0v) is 12.7. The van der Waals surface area contributed by atoms with Crippen LogP contribution in [0.2, 0.25) is 5.15 Å². The second kappa shape index (κ2) is 4.72. The lowest BCUT2D eigenvalue weighted by atomic mass is 10.0. The molecule has 0 radical (unpaired) electrons. The first-order valence-electron chi connectivity index (χ1n) is 6.58. The van der Waals surface area contributed by atoms with Crippen LogP contribution in [0.1, 0.15) is 32.6 Å². The van der Waals surface area contributed by atoms with Gasteiger partial charge in [0.25, 0.3) is 10.0 Å². The van der Waals surface area contributed by atoms with E-state index in [-0.39, 0.29) is 15.7 Å². The third-order valence-electron chi connectivity index (χ3n) is 3.79. The second-order valence-electron chi connectivity index (χ2n) is 5.51. The molecular formula is C13H16ClN3O2S. The van der Waals surface area contributed by atoms with Crippen molar-refractivity contribution >= 4 is 27.3 Å². The van der Waals surface area contributed by atoms with Crippen molar-refractivity contribution in [1.82, 2.24) is 14.1 Å². The van der Waals surface area contributed by atoms with Crippen LogP contribution >= 0.6 is 11.6 Å². The Morgan fingerprint density at radius 2 is 2.05 bits per heavy atom. The zero-order valence-electron chi connectivity index (χ0n) is 11.1. The fourth-order valence-corrected chi connectivity index (χ4v) is 4.93. The van der Waals surface area contributed by atoms with Gasteiger partial charge in [-0.1, -0.05) is 30.5 Å². The average molecular weight is 314 g/mol. The van der Waals surface area contributed by atoms with Crippen LogP contribution in [0.4, 0.5) is 0 Å². The van der Waals surface area contributed by atoms with Crippen molar-refractivity contribution in [2.24, 2.45) is 0 Å². The monoisotopic (exact) mass is 313 g/mol. The summed E-state index contributed by atoms with van der Waals surface area (Å²) < 4.78 is 29.6. The van der Waals surface area contributed by atoms with Crippen LogP contribution in [0, 0.1) is 0 Å². The number of aromatic nitrogens is 2. The number of hydrogen-bond acceptors (Lipinski definition) is 3. The van der Waals surface area contributed by atoms with Gasteiger partial charge in [-0.05, 0) is 31.9 Å². The van der Waals surface area contributed by atoms with Gasteiger partial charge in [-0.25, -0.2) is 18.1 Å². The van der Waals surface area contributed by atoms with Crippen molar-refractivity contribution in [2.75, 3.05) is 0 Å². The number of imidazole rings is 1. The lowest BCUT2D eigenvalue weighted by Crippen LogP contribution is -2.43. The summed E-state index contributed by atoms with van der Waals surface area (Å²) in [5.41, 5.74) is 0.135. The van der Waals surface area contributed by atoms with Crippen LogP contribution in [0.5, 0.6) is 0 Å². The SMILES string of the molecule is CC1(NS(=O)(=O)c2c(Cl)nc3ccccn23)CCCC1. The highest BCUT2D eigenvalue weighted by atomic mass is 35.5. The van der Waals surface area contributed by atoms with Crippen LogP contribution in [-0.2, 0) is 10.0 Å². The molecule has 1 saturated carbocycles. The average Bonchev–Trinajstić information content (AvgIpc) is 2.91. The van der Waals surface area contributed by atoms with Gasteiger partial charge >= 0.3 is 0 Å². The van der Waals surface area contributed by atoms with Crippen LogP contribution < -0.4 is 4.72 Å². The second-order valence-corrected chi connectivity index (χ2v) is 7.47. The van der Waals surface area contributed by atoms with Gasteiger partial charge in [-0.3, -0.25) is 4.40 Å². The van der Waals surface area contributed by atoms with E-state index in [2.05, 4.69) is 9.71 Å². The first kappa shape index (κ1) is 13.9. The lowest BCUT2D eigenvalue weighted by molar-refractivity contribution is 0.426. The molecule has 3 rings (SSSR count). The molecule has 20 heavy (non-hydrogen) atoms. The summed E-state index contributed by atoms with van der Waals surface area (Å²) in [6.07, 6.45) is 5.43. The normalized spacial score (nSPS) is 18.7. The summed E-state index contributed by atoms with van der Waals surface area (Å²) in [7, 11) is -3.70. The molecule has 1 fully saturated rings. The number of halogens is 1. The van der Waals surface area contributed by atoms with E-state index in [1.54, 1.807) is 24.4 Å². The summed E-state index contributed by atoms with van der Waals surface area (Å²) >= 11 is 6.03. The molecule has 2 aromatic heterocycles. The lowest BCUT2D eigenvalue weighted by Gasteiger charge is -2.24. The Balaban J connectivity index is 2.07. The third kappa shape index (κ3) is 2.32. The number of sulfonamides is 1. The number of nitrogens with zero attached hydrogens (tertiary/aromatic N) is 2. The molecule has 0 atom stereocenters. The van der Waals surface area contributed by atoms with Gasteiger partial charge in [-0.15, -0.1) is 0 Å². The Bertz CT molecular complexity index is 748. The minimum atomic E-state index is -3.70. The Hall–Kier alpha value is -1.11. The number of fused-ring (bicyclic) bond motifs is 1. The Morgan fingerprint density at radius 1 is 1.35 bits per heavy atom. The molecule has 0 saturated heterocycles. The first-order valence-corrected chi connectivity index (χ1v) is 8.44. The standard InChI is InChI=1S/C13H16ClN3O2S/c1-13(7-3-4-8-13)16-20(18,19)12-11(14)15-10-6-2-5-9-17(10)12/h2,5-6,9,16H,3-4,7-8H2,1H3. The molecule has 1 aliphatic carbocycles. The highest BCUT2D eigenvalue weighted by molar-refractivity contribution is 7.89. The van der Waals surface area contributed by atoms with E-state index in [1.165, 1.54) is 4.40 Å². The molecule has 2 aromatic rings. The van der Waals surface area contributed by atoms with E-state index in [4.69, 9.17) is 11.6 Å². The molecule has 0 amide bonds. The molecule has 0 bridgehead atoms. The van der Waals surface area contributed by atoms with Crippen molar-refractivity contribution in [3.63, 3.8) is 0 Å². The largest absolute Gasteiger partial charge is 0.288 e. The summed E-state index contributed by atoms with van der Waals surface area (Å²) in [5.74, 6) is 0. The smallest absolute Gasteiger partial charge is 0.260 e. The molecular weight excluding hydrogens is 298 g/mol. The fourth-order valence-electron chi connectivity index (χ4n) is 2.82. The van der Waals surface area contributed by atoms with Crippen molar-refractivity contribution < 1.29 is 8.42 Å². The van der Waals surface area contributed by atoms with Crippen LogP contribution in [0.15, 0.2) is 29.4 Å². The first-order chi connectivity index (χ1) is 9.41. The van der Waals surface area contributed by atoms with E-state index < -0.39 is 10.0 Å². The maximum Gasteiger partial charge on any atom is 0.260 e. The molecule has 5 nitrogen and oxygen atoms in total. The quantitative estimate of drug-likeness (QED) is 0.947. The molecule has 0 aliphatic heterocycles. The summed E-state index contributed by atoms with van der Waals surface area (Å²) in [5, 5.41) is 0.0215. The van der Waals surface area contributed by atoms with Gasteiger partial charge < -0.3 is 0 Å². The number of hydrogen-bond donors (Lipinski definition) is 1. The Morgan fingerprint density at radius 3 is 2.75 bits per heavy atom. The minimum absolute atomic E-state index is 0.00490. The van der Waals surface area contributed by atoms with E-state index in [0.29, 0.717) is 5.65 Å². The van der Waals surface area contributed by atoms with Gasteiger partial charge in [0, 0.05) is 11.7 Å². The fraction of sp³-hybridized carbons (Fsp3) is 0.462. The van der Waals surface area contributed by atoms with Crippen LogP contribution in [0.3, 0.4) is 0 Å². The van der Waals surface area contributed by atoms with Crippen molar-refractivity contribution in [1.29, 1.82) is 0 Å². The van der Waals surface area contributed by atoms with Gasteiger partial charge in [0.1, 0.15) is 5.65 Å². The molecule has 0 unspecified atom stereocenters. The summed E-state index contributed by atoms with van der Waals surface area (Å²) in [4.78, 5) is 4.09. The van der Waals surface area contributed by atoms with Gasteiger partial charge in [0.15, 0.2) is 10.2 Å². The highest BCUT2D eigenvalue weighted by Crippen LogP contribution is 2.32. The third-order valence-corrected chi connectivity index (χ3v) is 5.83. The molecule has 1 aliphatic rings. The molecule has 0 aromatic carbocycles.